The van der Waals surface area contributed by atoms with Gasteiger partial charge in [0.2, 0.25) is 21.8 Å². The summed E-state index contributed by atoms with van der Waals surface area (Å²) < 4.78 is 32.2. The number of carbonyl (C=O) groups excluding carboxylic acids is 2. The van der Waals surface area contributed by atoms with Gasteiger partial charge in [0.25, 0.3) is 0 Å². The van der Waals surface area contributed by atoms with E-state index in [-0.39, 0.29) is 18.5 Å². The van der Waals surface area contributed by atoms with Gasteiger partial charge in [-0.3, -0.25) is 13.9 Å². The van der Waals surface area contributed by atoms with E-state index in [1.54, 1.807) is 31.4 Å². The second-order valence-corrected chi connectivity index (χ2v) is 12.0. The predicted molar refractivity (Wildman–Crippen MR) is 151 cm³/mol. The number of aryl methyl sites for hydroxylation is 1. The second kappa shape index (κ2) is 13.1. The molecule has 9 heteroatoms. The molecule has 0 radical (unpaired) electrons. The molecule has 1 saturated carbocycles. The number of ether oxygens (including phenoxy) is 1. The van der Waals surface area contributed by atoms with E-state index in [2.05, 4.69) is 5.32 Å². The molecule has 0 spiro atoms. The molecule has 208 valence electrons. The number of hydrogen-bond acceptors (Lipinski definition) is 5. The number of carbonyl (C=O) groups is 2. The Balaban J connectivity index is 1.94. The third kappa shape index (κ3) is 7.49. The third-order valence-corrected chi connectivity index (χ3v) is 8.50. The fourth-order valence-electron chi connectivity index (χ4n) is 4.99. The zero-order valence-electron chi connectivity index (χ0n) is 23.2. The van der Waals surface area contributed by atoms with Crippen LogP contribution in [0.15, 0.2) is 42.5 Å². The molecule has 38 heavy (non-hydrogen) atoms. The highest BCUT2D eigenvalue weighted by molar-refractivity contribution is 7.92. The standard InChI is InChI=1S/C29H41N3O5S/c1-6-26(29(34)30-24-12-8-7-9-13-24)31(19-23-15-17-25(37-4)18-16-23)28(33)20-32(38(5,35)36)27-14-10-11-21(2)22(27)3/h10-11,14-18,24,26H,6-9,12-13,19-20H2,1-5H3,(H,30,34)/t26-/m0/s1. The first-order valence-electron chi connectivity index (χ1n) is 13.3. The first-order valence-corrected chi connectivity index (χ1v) is 15.2. The molecule has 1 aliphatic rings. The summed E-state index contributed by atoms with van der Waals surface area (Å²) in [4.78, 5) is 28.9. The van der Waals surface area contributed by atoms with Crippen molar-refractivity contribution in [3.63, 3.8) is 0 Å². The predicted octanol–water partition coefficient (Wildman–Crippen LogP) is 4.33. The second-order valence-electron chi connectivity index (χ2n) is 10.1. The number of hydrogen-bond donors (Lipinski definition) is 1. The van der Waals surface area contributed by atoms with Gasteiger partial charge in [0.15, 0.2) is 0 Å². The number of nitrogens with zero attached hydrogens (tertiary/aromatic N) is 2. The summed E-state index contributed by atoms with van der Waals surface area (Å²) in [5.74, 6) is 0.0589. The minimum Gasteiger partial charge on any atom is -0.497 e. The van der Waals surface area contributed by atoms with Gasteiger partial charge in [0.1, 0.15) is 18.3 Å². The maximum Gasteiger partial charge on any atom is 0.244 e. The Labute approximate surface area is 227 Å². The van der Waals surface area contributed by atoms with Gasteiger partial charge in [-0.25, -0.2) is 8.42 Å². The van der Waals surface area contributed by atoms with Crippen molar-refractivity contribution in [1.29, 1.82) is 0 Å². The van der Waals surface area contributed by atoms with Crippen LogP contribution < -0.4 is 14.4 Å². The average molecular weight is 544 g/mol. The first-order chi connectivity index (χ1) is 18.0. The smallest absolute Gasteiger partial charge is 0.244 e. The molecule has 0 saturated heterocycles. The van der Waals surface area contributed by atoms with Crippen LogP contribution in [0.3, 0.4) is 0 Å². The molecule has 0 bridgehead atoms. The van der Waals surface area contributed by atoms with E-state index in [4.69, 9.17) is 4.74 Å². The van der Waals surface area contributed by atoms with Gasteiger partial charge in [0, 0.05) is 12.6 Å². The molecule has 1 fully saturated rings. The summed E-state index contributed by atoms with van der Waals surface area (Å²) >= 11 is 0. The van der Waals surface area contributed by atoms with Crippen LogP contribution in [0, 0.1) is 13.8 Å². The number of methoxy groups -OCH3 is 1. The van der Waals surface area contributed by atoms with E-state index in [1.807, 2.05) is 39.0 Å². The van der Waals surface area contributed by atoms with Gasteiger partial charge in [0.05, 0.1) is 19.1 Å². The number of rotatable bonds is 11. The molecule has 2 amide bonds. The van der Waals surface area contributed by atoms with Crippen LogP contribution in [-0.2, 0) is 26.2 Å². The van der Waals surface area contributed by atoms with Crippen molar-refractivity contribution in [2.24, 2.45) is 0 Å². The fraction of sp³-hybridized carbons (Fsp3) is 0.517. The van der Waals surface area contributed by atoms with Crippen molar-refractivity contribution in [3.05, 3.63) is 59.2 Å². The van der Waals surface area contributed by atoms with Crippen LogP contribution in [-0.4, -0.2) is 57.1 Å². The van der Waals surface area contributed by atoms with Crippen LogP contribution in [0.1, 0.15) is 62.1 Å². The molecule has 1 N–H and O–H groups in total. The Kier molecular flexibility index (Phi) is 10.2. The van der Waals surface area contributed by atoms with Crippen LogP contribution in [0.25, 0.3) is 0 Å². The molecular formula is C29H41N3O5S. The minimum atomic E-state index is -3.77. The van der Waals surface area contributed by atoms with Gasteiger partial charge < -0.3 is 15.0 Å². The molecule has 2 aromatic carbocycles. The number of anilines is 1. The van der Waals surface area contributed by atoms with E-state index in [9.17, 15) is 18.0 Å². The summed E-state index contributed by atoms with van der Waals surface area (Å²) in [6, 6.07) is 12.1. The van der Waals surface area contributed by atoms with Crippen molar-refractivity contribution < 1.29 is 22.7 Å². The average Bonchev–Trinajstić information content (AvgIpc) is 2.89. The lowest BCUT2D eigenvalue weighted by molar-refractivity contribution is -0.140. The maximum absolute atomic E-state index is 13.9. The lowest BCUT2D eigenvalue weighted by Gasteiger charge is -2.34. The van der Waals surface area contributed by atoms with Gasteiger partial charge in [-0.1, -0.05) is 50.5 Å². The van der Waals surface area contributed by atoms with Crippen LogP contribution >= 0.6 is 0 Å². The molecule has 3 rings (SSSR count). The largest absolute Gasteiger partial charge is 0.497 e. The topological polar surface area (TPSA) is 96.0 Å². The van der Waals surface area contributed by atoms with E-state index in [0.29, 0.717) is 17.9 Å². The van der Waals surface area contributed by atoms with E-state index in [0.717, 1.165) is 52.9 Å². The third-order valence-electron chi connectivity index (χ3n) is 7.37. The molecular weight excluding hydrogens is 502 g/mol. The SMILES string of the molecule is CC[C@@H](C(=O)NC1CCCCC1)N(Cc1ccc(OC)cc1)C(=O)CN(c1cccc(C)c1C)S(C)(=O)=O. The monoisotopic (exact) mass is 543 g/mol. The van der Waals surface area contributed by atoms with E-state index >= 15 is 0 Å². The normalized spacial score (nSPS) is 15.0. The number of benzene rings is 2. The highest BCUT2D eigenvalue weighted by Crippen LogP contribution is 2.26. The summed E-state index contributed by atoms with van der Waals surface area (Å²) in [6.07, 6.45) is 6.70. The van der Waals surface area contributed by atoms with Crippen LogP contribution in [0.2, 0.25) is 0 Å². The summed E-state index contributed by atoms with van der Waals surface area (Å²) in [7, 11) is -2.19. The highest BCUT2D eigenvalue weighted by Gasteiger charge is 2.33. The number of amides is 2. The highest BCUT2D eigenvalue weighted by atomic mass is 32.2. The lowest BCUT2D eigenvalue weighted by atomic mass is 9.95. The van der Waals surface area contributed by atoms with Crippen molar-refractivity contribution in [2.45, 2.75) is 77.9 Å². The Bertz CT molecular complexity index is 1210. The fourth-order valence-corrected chi connectivity index (χ4v) is 5.89. The van der Waals surface area contributed by atoms with Crippen LogP contribution in [0.5, 0.6) is 5.75 Å². The van der Waals surface area contributed by atoms with Gasteiger partial charge in [-0.05, 0) is 68.0 Å². The Hall–Kier alpha value is -3.07. The minimum absolute atomic E-state index is 0.103. The zero-order valence-corrected chi connectivity index (χ0v) is 24.0. The quantitative estimate of drug-likeness (QED) is 0.455. The summed E-state index contributed by atoms with van der Waals surface area (Å²) in [6.45, 7) is 5.39. The molecule has 0 aliphatic heterocycles. The Morgan fingerprint density at radius 1 is 1.05 bits per heavy atom. The van der Waals surface area contributed by atoms with E-state index in [1.165, 1.54) is 11.3 Å². The van der Waals surface area contributed by atoms with Gasteiger partial charge >= 0.3 is 0 Å². The van der Waals surface area contributed by atoms with Crippen LogP contribution in [0.4, 0.5) is 5.69 Å². The maximum atomic E-state index is 13.9. The number of sulfonamides is 1. The van der Waals surface area contributed by atoms with Crippen molar-refractivity contribution >= 4 is 27.5 Å². The van der Waals surface area contributed by atoms with Crippen molar-refractivity contribution in [1.82, 2.24) is 10.2 Å². The first kappa shape index (κ1) is 29.5. The lowest BCUT2D eigenvalue weighted by Crippen LogP contribution is -2.54. The molecule has 2 aromatic rings. The Morgan fingerprint density at radius 3 is 2.29 bits per heavy atom. The number of nitrogens with one attached hydrogen (secondary N) is 1. The van der Waals surface area contributed by atoms with Gasteiger partial charge in [-0.2, -0.15) is 0 Å². The molecule has 8 nitrogen and oxygen atoms in total. The summed E-state index contributed by atoms with van der Waals surface area (Å²) in [5, 5.41) is 3.16. The molecule has 0 aromatic heterocycles. The Morgan fingerprint density at radius 2 is 1.71 bits per heavy atom. The molecule has 1 atom stereocenters. The molecule has 0 unspecified atom stereocenters. The zero-order chi connectivity index (χ0) is 27.9. The summed E-state index contributed by atoms with van der Waals surface area (Å²) in [5.41, 5.74) is 3.00. The van der Waals surface area contributed by atoms with E-state index < -0.39 is 28.5 Å². The van der Waals surface area contributed by atoms with Crippen molar-refractivity contribution in [2.75, 3.05) is 24.2 Å². The van der Waals surface area contributed by atoms with Gasteiger partial charge in [-0.15, -0.1) is 0 Å². The molecule has 0 heterocycles. The molecule has 1 aliphatic carbocycles. The van der Waals surface area contributed by atoms with Crippen molar-refractivity contribution in [3.8, 4) is 5.75 Å².